The summed E-state index contributed by atoms with van der Waals surface area (Å²) in [6, 6.07) is 0. The van der Waals surface area contributed by atoms with Crippen LogP contribution in [0.4, 0.5) is 4.79 Å². The first-order chi connectivity index (χ1) is 10.3. The van der Waals surface area contributed by atoms with Gasteiger partial charge in [-0.05, 0) is 40.0 Å². The molecule has 0 bridgehead atoms. The van der Waals surface area contributed by atoms with Crippen molar-refractivity contribution in [2.75, 3.05) is 13.1 Å². The molecule has 1 amide bonds. The Labute approximate surface area is 131 Å². The average Bonchev–Trinajstić information content (AvgIpc) is 2.97. The second kappa shape index (κ2) is 6.64. The number of hydrogen-bond donors (Lipinski definition) is 0. The zero-order valence-electron chi connectivity index (χ0n) is 13.8. The topological polar surface area (TPSA) is 77.7 Å². The Kier molecular flexibility index (Phi) is 5.05. The van der Waals surface area contributed by atoms with Crippen LogP contribution in [0.25, 0.3) is 0 Å². The molecule has 0 N–H and O–H groups in total. The van der Waals surface area contributed by atoms with Crippen LogP contribution < -0.4 is 0 Å². The number of carbonyl (C=O) groups is 1. The molecule has 1 aliphatic rings. The van der Waals surface area contributed by atoms with Crippen LogP contribution in [0.1, 0.15) is 52.8 Å². The highest BCUT2D eigenvalue weighted by Gasteiger charge is 2.38. The second-order valence-corrected chi connectivity index (χ2v) is 6.68. The molecule has 7 heteroatoms. The van der Waals surface area contributed by atoms with Gasteiger partial charge < -0.3 is 18.9 Å². The summed E-state index contributed by atoms with van der Waals surface area (Å²) in [5.74, 6) is 0.516. The molecule has 0 spiro atoms. The van der Waals surface area contributed by atoms with Crippen molar-refractivity contribution in [2.45, 2.75) is 64.8 Å². The van der Waals surface area contributed by atoms with E-state index in [1.165, 1.54) is 6.39 Å². The Morgan fingerprint density at radius 1 is 1.50 bits per heavy atom. The Bertz CT molecular complexity index is 483. The first-order valence-electron chi connectivity index (χ1n) is 7.71. The van der Waals surface area contributed by atoms with Crippen molar-refractivity contribution in [1.82, 2.24) is 15.0 Å². The molecule has 1 unspecified atom stereocenters. The van der Waals surface area contributed by atoms with E-state index in [0.717, 1.165) is 19.3 Å². The van der Waals surface area contributed by atoms with Gasteiger partial charge in [0.05, 0.1) is 12.1 Å². The Morgan fingerprint density at radius 2 is 2.27 bits per heavy atom. The molecular weight excluding hydrogens is 286 g/mol. The molecular formula is C15H25N3O4. The van der Waals surface area contributed by atoms with Gasteiger partial charge in [0.15, 0.2) is 5.82 Å². The summed E-state index contributed by atoms with van der Waals surface area (Å²) in [5, 5.41) is 3.75. The summed E-state index contributed by atoms with van der Waals surface area (Å²) < 4.78 is 16.2. The van der Waals surface area contributed by atoms with Crippen molar-refractivity contribution in [3.05, 3.63) is 12.2 Å². The second-order valence-electron chi connectivity index (χ2n) is 6.68. The van der Waals surface area contributed by atoms with Crippen molar-refractivity contribution in [3.63, 3.8) is 0 Å². The van der Waals surface area contributed by atoms with Gasteiger partial charge in [-0.3, -0.25) is 0 Å². The molecule has 0 aliphatic carbocycles. The van der Waals surface area contributed by atoms with Crippen LogP contribution >= 0.6 is 0 Å². The Balaban J connectivity index is 1.97. The number of amides is 1. The lowest BCUT2D eigenvalue weighted by Gasteiger charge is -2.42. The van der Waals surface area contributed by atoms with Gasteiger partial charge in [-0.2, -0.15) is 4.98 Å². The molecule has 0 saturated carbocycles. The van der Waals surface area contributed by atoms with Crippen LogP contribution in [0.3, 0.4) is 0 Å². The molecule has 1 fully saturated rings. The summed E-state index contributed by atoms with van der Waals surface area (Å²) in [4.78, 5) is 18.0. The molecule has 1 atom stereocenters. The van der Waals surface area contributed by atoms with Crippen molar-refractivity contribution in [2.24, 2.45) is 0 Å². The third-order valence-corrected chi connectivity index (χ3v) is 3.75. The number of piperidine rings is 1. The van der Waals surface area contributed by atoms with Gasteiger partial charge in [0.1, 0.15) is 12.2 Å². The number of likely N-dealkylation sites (tertiary alicyclic amines) is 1. The minimum absolute atomic E-state index is 0.284. The predicted molar refractivity (Wildman–Crippen MR) is 79.2 cm³/mol. The van der Waals surface area contributed by atoms with Gasteiger partial charge >= 0.3 is 6.09 Å². The van der Waals surface area contributed by atoms with E-state index < -0.39 is 5.60 Å². The van der Waals surface area contributed by atoms with Gasteiger partial charge in [-0.1, -0.05) is 12.1 Å². The van der Waals surface area contributed by atoms with Crippen molar-refractivity contribution < 1.29 is 18.8 Å². The predicted octanol–water partition coefficient (Wildman–Crippen LogP) is 2.77. The zero-order chi connectivity index (χ0) is 16.2. The summed E-state index contributed by atoms with van der Waals surface area (Å²) in [6.45, 7) is 9.18. The first-order valence-corrected chi connectivity index (χ1v) is 7.71. The van der Waals surface area contributed by atoms with E-state index in [-0.39, 0.29) is 18.3 Å². The van der Waals surface area contributed by atoms with Gasteiger partial charge in [0.2, 0.25) is 6.39 Å². The molecule has 124 valence electrons. The van der Waals surface area contributed by atoms with Crippen LogP contribution in [0, 0.1) is 0 Å². The van der Waals surface area contributed by atoms with Crippen LogP contribution in [0.15, 0.2) is 10.9 Å². The SMILES string of the molecule is CCC1(OCc2ncon2)CCCN(C(=O)OC(C)(C)C)C1. The van der Waals surface area contributed by atoms with E-state index in [1.807, 2.05) is 20.8 Å². The third-order valence-electron chi connectivity index (χ3n) is 3.75. The lowest BCUT2D eigenvalue weighted by Crippen LogP contribution is -2.52. The lowest BCUT2D eigenvalue weighted by atomic mass is 9.90. The van der Waals surface area contributed by atoms with Crippen molar-refractivity contribution in [3.8, 4) is 0 Å². The maximum atomic E-state index is 12.3. The highest BCUT2D eigenvalue weighted by molar-refractivity contribution is 5.68. The number of nitrogens with zero attached hydrogens (tertiary/aromatic N) is 3. The van der Waals surface area contributed by atoms with Crippen LogP contribution in [-0.2, 0) is 16.1 Å². The maximum Gasteiger partial charge on any atom is 0.410 e. The molecule has 1 aromatic rings. The number of ether oxygens (including phenoxy) is 2. The van der Waals surface area contributed by atoms with Gasteiger partial charge in [-0.15, -0.1) is 0 Å². The Hall–Kier alpha value is -1.63. The average molecular weight is 311 g/mol. The van der Waals surface area contributed by atoms with Crippen molar-refractivity contribution >= 4 is 6.09 Å². The highest BCUT2D eigenvalue weighted by atomic mass is 16.6. The first kappa shape index (κ1) is 16.7. The fourth-order valence-corrected chi connectivity index (χ4v) is 2.56. The molecule has 2 heterocycles. The molecule has 7 nitrogen and oxygen atoms in total. The fourth-order valence-electron chi connectivity index (χ4n) is 2.56. The molecule has 1 aliphatic heterocycles. The fraction of sp³-hybridized carbons (Fsp3) is 0.800. The van der Waals surface area contributed by atoms with Crippen LogP contribution in [0.2, 0.25) is 0 Å². The lowest BCUT2D eigenvalue weighted by molar-refractivity contribution is -0.103. The number of rotatable bonds is 4. The number of carbonyl (C=O) groups excluding carboxylic acids is 1. The number of hydrogen-bond acceptors (Lipinski definition) is 6. The largest absolute Gasteiger partial charge is 0.444 e. The maximum absolute atomic E-state index is 12.3. The summed E-state index contributed by atoms with van der Waals surface area (Å²) in [6.07, 6.45) is 3.60. The third kappa shape index (κ3) is 4.43. The van der Waals surface area contributed by atoms with Gasteiger partial charge in [-0.25, -0.2) is 4.79 Å². The van der Waals surface area contributed by atoms with E-state index >= 15 is 0 Å². The normalized spacial score (nSPS) is 22.6. The zero-order valence-corrected chi connectivity index (χ0v) is 13.8. The molecule has 1 saturated heterocycles. The highest BCUT2D eigenvalue weighted by Crippen LogP contribution is 2.30. The van der Waals surface area contributed by atoms with Gasteiger partial charge in [0, 0.05) is 6.54 Å². The monoisotopic (exact) mass is 311 g/mol. The summed E-state index contributed by atoms with van der Waals surface area (Å²) in [5.41, 5.74) is -0.870. The van der Waals surface area contributed by atoms with E-state index in [2.05, 4.69) is 17.1 Å². The molecule has 2 rings (SSSR count). The molecule has 1 aromatic heterocycles. The van der Waals surface area contributed by atoms with Crippen LogP contribution in [0.5, 0.6) is 0 Å². The molecule has 0 aromatic carbocycles. The van der Waals surface area contributed by atoms with E-state index in [9.17, 15) is 4.79 Å². The quantitative estimate of drug-likeness (QED) is 0.851. The smallest absolute Gasteiger partial charge is 0.410 e. The van der Waals surface area contributed by atoms with Crippen molar-refractivity contribution in [1.29, 1.82) is 0 Å². The minimum atomic E-state index is -0.491. The summed E-state index contributed by atoms with van der Waals surface area (Å²) in [7, 11) is 0. The van der Waals surface area contributed by atoms with Gasteiger partial charge in [0.25, 0.3) is 0 Å². The Morgan fingerprint density at radius 3 is 2.86 bits per heavy atom. The standard InChI is InChI=1S/C15H25N3O4/c1-5-15(20-9-12-16-11-21-17-12)7-6-8-18(10-15)13(19)22-14(2,3)4/h11H,5-10H2,1-4H3. The van der Waals surface area contributed by atoms with E-state index in [0.29, 0.717) is 18.9 Å². The van der Waals surface area contributed by atoms with E-state index in [4.69, 9.17) is 14.0 Å². The molecule has 0 radical (unpaired) electrons. The minimum Gasteiger partial charge on any atom is -0.444 e. The van der Waals surface area contributed by atoms with Crippen LogP contribution in [-0.4, -0.2) is 45.4 Å². The summed E-state index contributed by atoms with van der Waals surface area (Å²) >= 11 is 0. The van der Waals surface area contributed by atoms with E-state index in [1.54, 1.807) is 4.90 Å². The molecule has 22 heavy (non-hydrogen) atoms. The number of aromatic nitrogens is 2.